The van der Waals surface area contributed by atoms with Crippen molar-refractivity contribution in [3.63, 3.8) is 0 Å². The number of unbranched alkanes of at least 4 members (excludes halogenated alkanes) is 3. The van der Waals surface area contributed by atoms with Crippen LogP contribution in [0.2, 0.25) is 0 Å². The topological polar surface area (TPSA) is 55.3 Å². The third-order valence-corrected chi connectivity index (χ3v) is 4.14. The van der Waals surface area contributed by atoms with Crippen molar-refractivity contribution < 1.29 is 0 Å². The van der Waals surface area contributed by atoms with Gasteiger partial charge in [0.1, 0.15) is 0 Å². The molecule has 3 nitrogen and oxygen atoms in total. The third-order valence-electron chi connectivity index (χ3n) is 4.14. The predicted molar refractivity (Wildman–Crippen MR) is 97.7 cm³/mol. The van der Waals surface area contributed by atoms with E-state index in [1.54, 1.807) is 0 Å². The van der Waals surface area contributed by atoms with Crippen LogP contribution in [0.5, 0.6) is 0 Å². The Morgan fingerprint density at radius 3 is 1.00 bits per heavy atom. The molecule has 0 spiro atoms. The van der Waals surface area contributed by atoms with E-state index < -0.39 is 0 Å². The monoisotopic (exact) mass is 301 g/mol. The average molecular weight is 302 g/mol. The van der Waals surface area contributed by atoms with Crippen molar-refractivity contribution in [1.29, 1.82) is 0 Å². The Morgan fingerprint density at radius 2 is 0.857 bits per heavy atom. The number of rotatable bonds is 10. The molecule has 0 heterocycles. The van der Waals surface area contributed by atoms with Crippen molar-refractivity contribution >= 4 is 0 Å². The molecule has 0 saturated heterocycles. The Balaban J connectivity index is 0. The summed E-state index contributed by atoms with van der Waals surface area (Å²) in [5.74, 6) is 0. The molecule has 130 valence electrons. The predicted octanol–water partition coefficient (Wildman–Crippen LogP) is 4.15. The zero-order valence-corrected chi connectivity index (χ0v) is 16.0. The Labute approximate surface area is 134 Å². The molecule has 0 aromatic rings. The molecular formula is C18H43N3. The maximum atomic E-state index is 5.69. The van der Waals surface area contributed by atoms with Gasteiger partial charge in [-0.15, -0.1) is 0 Å². The van der Waals surface area contributed by atoms with Crippen LogP contribution in [-0.2, 0) is 0 Å². The largest absolute Gasteiger partial charge is 0.324 e. The van der Waals surface area contributed by atoms with Crippen molar-refractivity contribution in [2.75, 3.05) is 19.6 Å². The van der Waals surface area contributed by atoms with Crippen molar-refractivity contribution in [1.82, 2.24) is 4.90 Å². The Bertz CT molecular complexity index is 182. The maximum absolute atomic E-state index is 5.69. The van der Waals surface area contributed by atoms with Crippen LogP contribution < -0.4 is 11.5 Å². The first-order chi connectivity index (χ1) is 9.60. The highest BCUT2D eigenvalue weighted by Gasteiger charge is 2.28. The van der Waals surface area contributed by atoms with Crippen LogP contribution in [-0.4, -0.2) is 35.6 Å². The molecule has 0 aromatic heterocycles. The lowest BCUT2D eigenvalue weighted by Crippen LogP contribution is -2.58. The van der Waals surface area contributed by atoms with Gasteiger partial charge in [0.2, 0.25) is 0 Å². The normalized spacial score (nSPS) is 12.3. The van der Waals surface area contributed by atoms with Gasteiger partial charge in [-0.1, -0.05) is 40.0 Å². The van der Waals surface area contributed by atoms with Crippen LogP contribution in [0.15, 0.2) is 0 Å². The molecule has 0 bridgehead atoms. The van der Waals surface area contributed by atoms with Crippen LogP contribution >= 0.6 is 0 Å². The summed E-state index contributed by atoms with van der Waals surface area (Å²) >= 11 is 0. The van der Waals surface area contributed by atoms with Gasteiger partial charge in [0.25, 0.3) is 0 Å². The third kappa shape index (κ3) is 14.6. The molecule has 0 aromatic carbocycles. The lowest BCUT2D eigenvalue weighted by atomic mass is 9.85. The van der Waals surface area contributed by atoms with E-state index in [-0.39, 0.29) is 11.1 Å². The van der Waals surface area contributed by atoms with Gasteiger partial charge in [-0.3, -0.25) is 0 Å². The van der Waals surface area contributed by atoms with E-state index in [0.717, 1.165) is 0 Å². The van der Waals surface area contributed by atoms with E-state index in [9.17, 15) is 0 Å². The summed E-state index contributed by atoms with van der Waals surface area (Å²) in [6.07, 6.45) is 8.09. The van der Waals surface area contributed by atoms with E-state index in [0.29, 0.717) is 0 Å². The smallest absolute Gasteiger partial charge is 0.0274 e. The fourth-order valence-electron chi connectivity index (χ4n) is 1.48. The molecule has 0 fully saturated rings. The Hall–Kier alpha value is -0.120. The Morgan fingerprint density at radius 1 is 0.619 bits per heavy atom. The molecule has 0 aliphatic carbocycles. The maximum Gasteiger partial charge on any atom is 0.0274 e. The second-order valence-electron chi connectivity index (χ2n) is 7.35. The summed E-state index contributed by atoms with van der Waals surface area (Å²) in [7, 11) is 0. The highest BCUT2D eigenvalue weighted by molar-refractivity contribution is 4.93. The van der Waals surface area contributed by atoms with E-state index in [1.807, 2.05) is 27.7 Å². The summed E-state index contributed by atoms with van der Waals surface area (Å²) in [4.78, 5) is 2.64. The van der Waals surface area contributed by atoms with Crippen molar-refractivity contribution in [3.05, 3.63) is 0 Å². The van der Waals surface area contributed by atoms with Crippen LogP contribution in [0, 0.1) is 0 Å². The quantitative estimate of drug-likeness (QED) is 0.637. The molecule has 3 heteroatoms. The van der Waals surface area contributed by atoms with Crippen molar-refractivity contribution in [3.8, 4) is 0 Å². The van der Waals surface area contributed by atoms with Gasteiger partial charge in [0.05, 0.1) is 0 Å². The van der Waals surface area contributed by atoms with Gasteiger partial charge in [-0.05, 0) is 66.6 Å². The highest BCUT2D eigenvalue weighted by atomic mass is 15.1. The van der Waals surface area contributed by atoms with E-state index in [1.165, 1.54) is 58.2 Å². The second kappa shape index (κ2) is 12.4. The van der Waals surface area contributed by atoms with Crippen LogP contribution in [0.25, 0.3) is 0 Å². The molecule has 0 rings (SSSR count). The molecule has 0 saturated carbocycles. The molecule has 0 radical (unpaired) electrons. The van der Waals surface area contributed by atoms with E-state index in [2.05, 4.69) is 25.7 Å². The lowest BCUT2D eigenvalue weighted by Gasteiger charge is -2.34. The second-order valence-corrected chi connectivity index (χ2v) is 7.35. The molecule has 0 atom stereocenters. The van der Waals surface area contributed by atoms with Gasteiger partial charge >= 0.3 is 0 Å². The zero-order valence-electron chi connectivity index (χ0n) is 16.0. The van der Waals surface area contributed by atoms with Gasteiger partial charge in [0.15, 0.2) is 0 Å². The molecule has 0 aliphatic rings. The first-order valence-electron chi connectivity index (χ1n) is 8.90. The van der Waals surface area contributed by atoms with Crippen molar-refractivity contribution in [2.45, 2.75) is 98.1 Å². The van der Waals surface area contributed by atoms with E-state index >= 15 is 0 Å². The first-order valence-corrected chi connectivity index (χ1v) is 8.90. The van der Waals surface area contributed by atoms with E-state index in [4.69, 9.17) is 11.5 Å². The fraction of sp³-hybridized carbons (Fsp3) is 1.00. The average Bonchev–Trinajstić information content (AvgIpc) is 2.36. The summed E-state index contributed by atoms with van der Waals surface area (Å²) in [5, 5.41) is 0. The number of hydrogen-bond acceptors (Lipinski definition) is 3. The molecule has 0 amide bonds. The number of nitrogens with two attached hydrogens (primary N) is 2. The summed E-state index contributed by atoms with van der Waals surface area (Å²) in [5.41, 5.74) is 10.8. The van der Waals surface area contributed by atoms with Crippen molar-refractivity contribution in [2.24, 2.45) is 11.5 Å². The molecule has 0 unspecified atom stereocenters. The fourth-order valence-corrected chi connectivity index (χ4v) is 1.48. The van der Waals surface area contributed by atoms with Gasteiger partial charge in [0, 0.05) is 11.1 Å². The van der Waals surface area contributed by atoms with Gasteiger partial charge in [-0.2, -0.15) is 0 Å². The van der Waals surface area contributed by atoms with Crippen LogP contribution in [0.4, 0.5) is 0 Å². The van der Waals surface area contributed by atoms with Crippen LogP contribution in [0.1, 0.15) is 87.0 Å². The minimum atomic E-state index is -0.285. The summed E-state index contributed by atoms with van der Waals surface area (Å²) in [6, 6.07) is 0. The summed E-state index contributed by atoms with van der Waals surface area (Å²) < 4.78 is 0. The molecule has 21 heavy (non-hydrogen) atoms. The zero-order chi connectivity index (χ0) is 16.9. The standard InChI is InChI=1S/C12H27N.C6H16N2/c1-4-7-10-13(11-8-5-2)12-9-6-3;1-5(2,7)6(3,4)8/h4-12H2,1-3H3;7-8H2,1-4H3. The minimum Gasteiger partial charge on any atom is -0.324 e. The summed E-state index contributed by atoms with van der Waals surface area (Å²) in [6.45, 7) is 18.5. The molecular weight excluding hydrogens is 258 g/mol. The van der Waals surface area contributed by atoms with Crippen LogP contribution in [0.3, 0.4) is 0 Å². The molecule has 4 N–H and O–H groups in total. The minimum absolute atomic E-state index is 0.285. The van der Waals surface area contributed by atoms with Gasteiger partial charge < -0.3 is 16.4 Å². The number of nitrogens with zero attached hydrogens (tertiary/aromatic N) is 1. The lowest BCUT2D eigenvalue weighted by molar-refractivity contribution is 0.261. The SMILES string of the molecule is CC(C)(N)C(C)(C)N.CCCCN(CCCC)CCCC. The Kier molecular flexibility index (Phi) is 13.7. The van der Waals surface area contributed by atoms with Gasteiger partial charge in [-0.25, -0.2) is 0 Å². The molecule has 0 aliphatic heterocycles. The first kappa shape index (κ1) is 23.2. The highest BCUT2D eigenvalue weighted by Crippen LogP contribution is 2.13. The number of hydrogen-bond donors (Lipinski definition) is 2.